The van der Waals surface area contributed by atoms with E-state index in [1.165, 1.54) is 12.5 Å². The van der Waals surface area contributed by atoms with Crippen LogP contribution in [0.5, 0.6) is 0 Å². The first-order chi connectivity index (χ1) is 9.82. The van der Waals surface area contributed by atoms with Gasteiger partial charge >= 0.3 is 11.9 Å². The van der Waals surface area contributed by atoms with Crippen LogP contribution in [0.15, 0.2) is 23.8 Å². The van der Waals surface area contributed by atoms with E-state index in [1.807, 2.05) is 6.92 Å². The van der Waals surface area contributed by atoms with Crippen LogP contribution in [0.1, 0.15) is 40.0 Å². The van der Waals surface area contributed by atoms with Gasteiger partial charge in [-0.1, -0.05) is 12.2 Å². The van der Waals surface area contributed by atoms with Gasteiger partial charge in [0, 0.05) is 24.3 Å². The molecule has 3 rings (SSSR count). The summed E-state index contributed by atoms with van der Waals surface area (Å²) in [5.41, 5.74) is 1.35. The molecular weight excluding hydrogens is 268 g/mol. The van der Waals surface area contributed by atoms with E-state index in [4.69, 9.17) is 9.47 Å². The molecule has 0 unspecified atom stereocenters. The summed E-state index contributed by atoms with van der Waals surface area (Å²) in [6.07, 6.45) is 4.54. The molecule has 4 nitrogen and oxygen atoms in total. The van der Waals surface area contributed by atoms with Crippen molar-refractivity contribution in [3.63, 3.8) is 0 Å². The minimum atomic E-state index is -0.452. The molecule has 0 aromatic carbocycles. The maximum absolute atomic E-state index is 11.8. The van der Waals surface area contributed by atoms with Crippen LogP contribution in [0.2, 0.25) is 0 Å². The maximum Gasteiger partial charge on any atom is 0.334 e. The van der Waals surface area contributed by atoms with E-state index in [2.05, 4.69) is 19.6 Å². The Labute approximate surface area is 125 Å². The van der Waals surface area contributed by atoms with Crippen LogP contribution in [0.3, 0.4) is 0 Å². The molecule has 0 aromatic rings. The van der Waals surface area contributed by atoms with E-state index in [0.29, 0.717) is 11.5 Å². The van der Waals surface area contributed by atoms with Gasteiger partial charge in [-0.3, -0.25) is 4.79 Å². The predicted octanol–water partition coefficient (Wildman–Crippen LogP) is 2.78. The van der Waals surface area contributed by atoms with Crippen LogP contribution in [-0.2, 0) is 19.1 Å². The van der Waals surface area contributed by atoms with Gasteiger partial charge in [0.05, 0.1) is 0 Å². The van der Waals surface area contributed by atoms with Crippen LogP contribution >= 0.6 is 0 Å². The molecule has 1 aliphatic heterocycles. The number of hydrogen-bond acceptors (Lipinski definition) is 4. The predicted molar refractivity (Wildman–Crippen MR) is 77.3 cm³/mol. The Bertz CT molecular complexity index is 547. The summed E-state index contributed by atoms with van der Waals surface area (Å²) < 4.78 is 11.1. The standard InChI is InChI=1S/C17H22O4/c1-9-7-15-13(10(2)16(19)20-15)8-14-12(9)5-6-17(14,4)21-11(3)18/h7,12-15H,2,5-6,8H2,1,3-4H3/t12-,13+,14+,15-,17-/m0/s1. The second-order valence-corrected chi connectivity index (χ2v) is 6.81. The average molecular weight is 290 g/mol. The SMILES string of the molecule is C=C1C(=O)O[C@H]2C=C(C)[C@@H]3CC[C@](C)(OC(C)=O)[C@@H]3C[C@H]12. The minimum Gasteiger partial charge on any atom is -0.459 e. The van der Waals surface area contributed by atoms with Gasteiger partial charge in [-0.2, -0.15) is 0 Å². The molecule has 21 heavy (non-hydrogen) atoms. The van der Waals surface area contributed by atoms with Crippen LogP contribution in [0.25, 0.3) is 0 Å². The average Bonchev–Trinajstić information content (AvgIpc) is 2.76. The van der Waals surface area contributed by atoms with Crippen molar-refractivity contribution in [3.05, 3.63) is 23.8 Å². The van der Waals surface area contributed by atoms with Gasteiger partial charge in [0.2, 0.25) is 0 Å². The molecule has 1 saturated carbocycles. The lowest BCUT2D eigenvalue weighted by atomic mass is 9.78. The van der Waals surface area contributed by atoms with Crippen molar-refractivity contribution in [2.75, 3.05) is 0 Å². The Morgan fingerprint density at radius 2 is 2.19 bits per heavy atom. The number of esters is 2. The Kier molecular flexibility index (Phi) is 3.23. The maximum atomic E-state index is 11.8. The van der Waals surface area contributed by atoms with E-state index < -0.39 is 5.60 Å². The van der Waals surface area contributed by atoms with Crippen LogP contribution in [0.4, 0.5) is 0 Å². The number of carbonyl (C=O) groups excluding carboxylic acids is 2. The minimum absolute atomic E-state index is 0.00966. The van der Waals surface area contributed by atoms with Crippen molar-refractivity contribution >= 4 is 11.9 Å². The highest BCUT2D eigenvalue weighted by Crippen LogP contribution is 2.52. The van der Waals surface area contributed by atoms with Crippen molar-refractivity contribution in [3.8, 4) is 0 Å². The van der Waals surface area contributed by atoms with Gasteiger partial charge in [-0.05, 0) is 45.1 Å². The molecule has 0 N–H and O–H groups in total. The summed E-state index contributed by atoms with van der Waals surface area (Å²) in [4.78, 5) is 23.2. The Hall–Kier alpha value is -1.58. The molecule has 2 fully saturated rings. The van der Waals surface area contributed by atoms with Gasteiger partial charge in [0.15, 0.2) is 0 Å². The van der Waals surface area contributed by atoms with Crippen molar-refractivity contribution in [1.82, 2.24) is 0 Å². The molecule has 0 aromatic heterocycles. The van der Waals surface area contributed by atoms with E-state index >= 15 is 0 Å². The largest absolute Gasteiger partial charge is 0.459 e. The molecular formula is C17H22O4. The second-order valence-electron chi connectivity index (χ2n) is 6.81. The van der Waals surface area contributed by atoms with Crippen molar-refractivity contribution in [2.24, 2.45) is 17.8 Å². The Balaban J connectivity index is 1.95. The molecule has 5 atom stereocenters. The summed E-state index contributed by atoms with van der Waals surface area (Å²) in [6, 6.07) is 0. The third kappa shape index (κ3) is 2.21. The van der Waals surface area contributed by atoms with Crippen LogP contribution in [0, 0.1) is 17.8 Å². The zero-order chi connectivity index (χ0) is 15.4. The molecule has 0 bridgehead atoms. The van der Waals surface area contributed by atoms with Crippen LogP contribution < -0.4 is 0 Å². The third-order valence-corrected chi connectivity index (χ3v) is 5.47. The number of ether oxygens (including phenoxy) is 2. The van der Waals surface area contributed by atoms with E-state index in [-0.39, 0.29) is 29.9 Å². The van der Waals surface area contributed by atoms with Crippen molar-refractivity contribution in [1.29, 1.82) is 0 Å². The van der Waals surface area contributed by atoms with Crippen molar-refractivity contribution in [2.45, 2.75) is 51.7 Å². The molecule has 1 heterocycles. The number of hydrogen-bond donors (Lipinski definition) is 0. The number of carbonyl (C=O) groups is 2. The van der Waals surface area contributed by atoms with E-state index in [0.717, 1.165) is 19.3 Å². The monoisotopic (exact) mass is 290 g/mol. The van der Waals surface area contributed by atoms with Gasteiger partial charge in [0.25, 0.3) is 0 Å². The Morgan fingerprint density at radius 3 is 2.86 bits per heavy atom. The van der Waals surface area contributed by atoms with Gasteiger partial charge < -0.3 is 9.47 Å². The molecule has 0 radical (unpaired) electrons. The fourth-order valence-corrected chi connectivity index (χ4v) is 4.38. The first-order valence-corrected chi connectivity index (χ1v) is 7.59. The highest BCUT2D eigenvalue weighted by Gasteiger charge is 2.53. The second kappa shape index (κ2) is 4.72. The molecule has 114 valence electrons. The molecule has 0 spiro atoms. The van der Waals surface area contributed by atoms with Gasteiger partial charge in [0.1, 0.15) is 11.7 Å². The summed E-state index contributed by atoms with van der Waals surface area (Å²) in [5.74, 6) is 0.0959. The van der Waals surface area contributed by atoms with Crippen LogP contribution in [-0.4, -0.2) is 23.6 Å². The summed E-state index contributed by atoms with van der Waals surface area (Å²) in [5, 5.41) is 0. The highest BCUT2D eigenvalue weighted by molar-refractivity contribution is 5.91. The summed E-state index contributed by atoms with van der Waals surface area (Å²) >= 11 is 0. The Morgan fingerprint density at radius 1 is 1.48 bits per heavy atom. The fourth-order valence-electron chi connectivity index (χ4n) is 4.38. The van der Waals surface area contributed by atoms with E-state index in [1.54, 1.807) is 0 Å². The molecule has 3 aliphatic rings. The number of allylic oxidation sites excluding steroid dienone is 1. The zero-order valence-corrected chi connectivity index (χ0v) is 12.8. The summed E-state index contributed by atoms with van der Waals surface area (Å²) in [7, 11) is 0. The summed E-state index contributed by atoms with van der Waals surface area (Å²) in [6.45, 7) is 9.47. The zero-order valence-electron chi connectivity index (χ0n) is 12.8. The smallest absolute Gasteiger partial charge is 0.334 e. The van der Waals surface area contributed by atoms with Crippen molar-refractivity contribution < 1.29 is 19.1 Å². The molecule has 2 aliphatic carbocycles. The molecule has 0 amide bonds. The van der Waals surface area contributed by atoms with Gasteiger partial charge in [-0.25, -0.2) is 4.79 Å². The topological polar surface area (TPSA) is 52.6 Å². The third-order valence-electron chi connectivity index (χ3n) is 5.47. The number of rotatable bonds is 1. The first-order valence-electron chi connectivity index (χ1n) is 7.59. The lowest BCUT2D eigenvalue weighted by molar-refractivity contribution is -0.160. The highest BCUT2D eigenvalue weighted by atomic mass is 16.6. The molecule has 1 saturated heterocycles. The molecule has 4 heteroatoms. The first kappa shape index (κ1) is 14.4. The quantitative estimate of drug-likeness (QED) is 0.423. The van der Waals surface area contributed by atoms with E-state index in [9.17, 15) is 9.59 Å². The lowest BCUT2D eigenvalue weighted by Gasteiger charge is -2.34. The lowest BCUT2D eigenvalue weighted by Crippen LogP contribution is -2.38. The van der Waals surface area contributed by atoms with Gasteiger partial charge in [-0.15, -0.1) is 0 Å². The normalized spacial score (nSPS) is 41.8. The number of fused-ring (bicyclic) bond motifs is 2. The fraction of sp³-hybridized carbons (Fsp3) is 0.647.